The lowest BCUT2D eigenvalue weighted by molar-refractivity contribution is -0.151. The van der Waals surface area contributed by atoms with Gasteiger partial charge in [-0.2, -0.15) is 0 Å². The molecule has 94 valence electrons. The van der Waals surface area contributed by atoms with Crippen LogP contribution < -0.4 is 5.73 Å². The highest BCUT2D eigenvalue weighted by molar-refractivity contribution is 5.75. The van der Waals surface area contributed by atoms with E-state index in [1.807, 2.05) is 39.0 Å². The second kappa shape index (κ2) is 5.27. The summed E-state index contributed by atoms with van der Waals surface area (Å²) in [5.74, 6) is -0.884. The standard InChI is InChI=1S/C13H20N2O2/c1-9(2)13(8-14,12(16)17)7-11-6-4-5-10(3)15-11/h4-6,9H,7-8,14H2,1-3H3,(H,16,17). The smallest absolute Gasteiger partial charge is 0.311 e. The Bertz CT molecular complexity index is 404. The third kappa shape index (κ3) is 2.82. The van der Waals surface area contributed by atoms with Crippen molar-refractivity contribution in [1.29, 1.82) is 0 Å². The first-order valence-corrected chi connectivity index (χ1v) is 5.78. The van der Waals surface area contributed by atoms with Gasteiger partial charge in [0.1, 0.15) is 0 Å². The minimum atomic E-state index is -0.930. The Morgan fingerprint density at radius 2 is 2.18 bits per heavy atom. The molecule has 1 unspecified atom stereocenters. The Morgan fingerprint density at radius 3 is 2.59 bits per heavy atom. The highest BCUT2D eigenvalue weighted by atomic mass is 16.4. The fourth-order valence-electron chi connectivity index (χ4n) is 1.94. The quantitative estimate of drug-likeness (QED) is 0.814. The lowest BCUT2D eigenvalue weighted by Gasteiger charge is -2.31. The van der Waals surface area contributed by atoms with Crippen molar-refractivity contribution in [3.05, 3.63) is 29.6 Å². The zero-order valence-corrected chi connectivity index (χ0v) is 10.6. The van der Waals surface area contributed by atoms with E-state index in [2.05, 4.69) is 4.98 Å². The lowest BCUT2D eigenvalue weighted by Crippen LogP contribution is -2.45. The summed E-state index contributed by atoms with van der Waals surface area (Å²) in [5, 5.41) is 9.42. The van der Waals surface area contributed by atoms with Crippen molar-refractivity contribution >= 4 is 5.97 Å². The summed E-state index contributed by atoms with van der Waals surface area (Å²) in [7, 11) is 0. The van der Waals surface area contributed by atoms with E-state index in [1.54, 1.807) is 0 Å². The number of pyridine rings is 1. The molecule has 0 aromatic carbocycles. The number of hydrogen-bond donors (Lipinski definition) is 2. The largest absolute Gasteiger partial charge is 0.481 e. The van der Waals surface area contributed by atoms with E-state index < -0.39 is 11.4 Å². The predicted octanol–water partition coefficient (Wildman–Crippen LogP) is 1.62. The van der Waals surface area contributed by atoms with Gasteiger partial charge in [-0.25, -0.2) is 0 Å². The SMILES string of the molecule is Cc1cccc(CC(CN)(C(=O)O)C(C)C)n1. The molecule has 0 aliphatic carbocycles. The average Bonchev–Trinajstić information content (AvgIpc) is 2.25. The van der Waals surface area contributed by atoms with Crippen LogP contribution in [0.15, 0.2) is 18.2 Å². The Morgan fingerprint density at radius 1 is 1.53 bits per heavy atom. The van der Waals surface area contributed by atoms with Crippen molar-refractivity contribution < 1.29 is 9.90 Å². The van der Waals surface area contributed by atoms with Crippen molar-refractivity contribution in [2.75, 3.05) is 6.54 Å². The van der Waals surface area contributed by atoms with Gasteiger partial charge in [-0.1, -0.05) is 19.9 Å². The summed E-state index contributed by atoms with van der Waals surface area (Å²) in [6, 6.07) is 5.63. The van der Waals surface area contributed by atoms with Gasteiger partial charge in [0.25, 0.3) is 0 Å². The van der Waals surface area contributed by atoms with Crippen LogP contribution in [0.4, 0.5) is 0 Å². The van der Waals surface area contributed by atoms with Gasteiger partial charge in [-0.3, -0.25) is 9.78 Å². The number of hydrogen-bond acceptors (Lipinski definition) is 3. The molecule has 1 aromatic heterocycles. The normalized spacial score (nSPS) is 14.6. The molecule has 4 nitrogen and oxygen atoms in total. The molecule has 4 heteroatoms. The molecule has 0 bridgehead atoms. The number of carbonyl (C=O) groups is 1. The molecule has 0 saturated heterocycles. The second-order valence-corrected chi connectivity index (χ2v) is 4.77. The summed E-state index contributed by atoms with van der Waals surface area (Å²) in [5.41, 5.74) is 6.43. The van der Waals surface area contributed by atoms with Crippen molar-refractivity contribution in [1.82, 2.24) is 4.98 Å². The lowest BCUT2D eigenvalue weighted by atomic mass is 9.73. The van der Waals surface area contributed by atoms with E-state index >= 15 is 0 Å². The Hall–Kier alpha value is -1.42. The summed E-state index contributed by atoms with van der Waals surface area (Å²) < 4.78 is 0. The van der Waals surface area contributed by atoms with Crippen LogP contribution in [0, 0.1) is 18.3 Å². The van der Waals surface area contributed by atoms with Crippen LogP contribution >= 0.6 is 0 Å². The molecule has 0 amide bonds. The third-order valence-corrected chi connectivity index (χ3v) is 3.34. The molecule has 0 saturated carbocycles. The maximum atomic E-state index is 11.5. The number of rotatable bonds is 5. The molecule has 0 aliphatic rings. The molecule has 0 fully saturated rings. The number of carboxylic acid groups (broad SMARTS) is 1. The van der Waals surface area contributed by atoms with Crippen molar-refractivity contribution in [2.24, 2.45) is 17.1 Å². The number of aliphatic carboxylic acids is 1. The molecule has 1 heterocycles. The van der Waals surface area contributed by atoms with Gasteiger partial charge >= 0.3 is 5.97 Å². The van der Waals surface area contributed by atoms with Gasteiger partial charge in [0.2, 0.25) is 0 Å². The van der Waals surface area contributed by atoms with E-state index in [-0.39, 0.29) is 12.5 Å². The van der Waals surface area contributed by atoms with Crippen molar-refractivity contribution in [3.63, 3.8) is 0 Å². The maximum absolute atomic E-state index is 11.5. The van der Waals surface area contributed by atoms with Gasteiger partial charge in [0.05, 0.1) is 5.41 Å². The topological polar surface area (TPSA) is 76.2 Å². The van der Waals surface area contributed by atoms with Crippen LogP contribution in [-0.4, -0.2) is 22.6 Å². The molecule has 1 aromatic rings. The van der Waals surface area contributed by atoms with Crippen molar-refractivity contribution in [3.8, 4) is 0 Å². The first-order valence-electron chi connectivity index (χ1n) is 5.78. The van der Waals surface area contributed by atoms with Gasteiger partial charge in [-0.15, -0.1) is 0 Å². The third-order valence-electron chi connectivity index (χ3n) is 3.34. The molecule has 17 heavy (non-hydrogen) atoms. The second-order valence-electron chi connectivity index (χ2n) is 4.77. The monoisotopic (exact) mass is 236 g/mol. The number of aryl methyl sites for hydroxylation is 1. The molecule has 0 aliphatic heterocycles. The number of nitrogens with two attached hydrogens (primary N) is 1. The van der Waals surface area contributed by atoms with Crippen LogP contribution in [0.2, 0.25) is 0 Å². The van der Waals surface area contributed by atoms with E-state index in [9.17, 15) is 9.90 Å². The Kier molecular flexibility index (Phi) is 4.23. The van der Waals surface area contributed by atoms with Crippen LogP contribution in [0.5, 0.6) is 0 Å². The summed E-state index contributed by atoms with van der Waals surface area (Å²) >= 11 is 0. The van der Waals surface area contributed by atoms with E-state index in [4.69, 9.17) is 5.73 Å². The molecule has 1 rings (SSSR count). The van der Waals surface area contributed by atoms with Crippen LogP contribution in [-0.2, 0) is 11.2 Å². The van der Waals surface area contributed by atoms with Gasteiger partial charge in [0.15, 0.2) is 0 Å². The minimum absolute atomic E-state index is 0.0349. The molecular formula is C13H20N2O2. The number of aromatic nitrogens is 1. The van der Waals surface area contributed by atoms with Crippen LogP contribution in [0.3, 0.4) is 0 Å². The molecular weight excluding hydrogens is 216 g/mol. The zero-order chi connectivity index (χ0) is 13.1. The zero-order valence-electron chi connectivity index (χ0n) is 10.6. The first kappa shape index (κ1) is 13.6. The highest BCUT2D eigenvalue weighted by Gasteiger charge is 2.40. The van der Waals surface area contributed by atoms with E-state index in [0.29, 0.717) is 6.42 Å². The molecule has 0 radical (unpaired) electrons. The summed E-state index contributed by atoms with van der Waals surface area (Å²) in [4.78, 5) is 15.8. The van der Waals surface area contributed by atoms with Gasteiger partial charge in [0, 0.05) is 24.4 Å². The Balaban J connectivity index is 3.06. The van der Waals surface area contributed by atoms with Gasteiger partial charge in [-0.05, 0) is 25.0 Å². The number of nitrogens with zero attached hydrogens (tertiary/aromatic N) is 1. The highest BCUT2D eigenvalue weighted by Crippen LogP contribution is 2.30. The fourth-order valence-corrected chi connectivity index (χ4v) is 1.94. The van der Waals surface area contributed by atoms with Crippen LogP contribution in [0.25, 0.3) is 0 Å². The van der Waals surface area contributed by atoms with E-state index in [1.165, 1.54) is 0 Å². The summed E-state index contributed by atoms with van der Waals surface area (Å²) in [6.07, 6.45) is 0.373. The average molecular weight is 236 g/mol. The first-order chi connectivity index (χ1) is 7.92. The minimum Gasteiger partial charge on any atom is -0.481 e. The fraction of sp³-hybridized carbons (Fsp3) is 0.538. The number of carboxylic acids is 1. The van der Waals surface area contributed by atoms with Crippen molar-refractivity contribution in [2.45, 2.75) is 27.2 Å². The van der Waals surface area contributed by atoms with Gasteiger partial charge < -0.3 is 10.8 Å². The molecule has 0 spiro atoms. The molecule has 1 atom stereocenters. The van der Waals surface area contributed by atoms with E-state index in [0.717, 1.165) is 11.4 Å². The van der Waals surface area contributed by atoms with Crippen LogP contribution in [0.1, 0.15) is 25.2 Å². The summed E-state index contributed by atoms with van der Waals surface area (Å²) in [6.45, 7) is 5.78. The Labute approximate surface area is 102 Å². The maximum Gasteiger partial charge on any atom is 0.311 e. The predicted molar refractivity (Wildman–Crippen MR) is 66.6 cm³/mol. The molecule has 3 N–H and O–H groups in total.